The summed E-state index contributed by atoms with van der Waals surface area (Å²) in [5.41, 5.74) is 2.16. The van der Waals surface area contributed by atoms with E-state index in [1.54, 1.807) is 0 Å². The summed E-state index contributed by atoms with van der Waals surface area (Å²) in [7, 11) is 0. The Hall–Kier alpha value is -2.42. The molecule has 0 bridgehead atoms. The van der Waals surface area contributed by atoms with Crippen LogP contribution in [0.15, 0.2) is 54.6 Å². The average molecular weight is 294 g/mol. The van der Waals surface area contributed by atoms with Crippen molar-refractivity contribution in [2.75, 3.05) is 0 Å². The Bertz CT molecular complexity index is 643. The highest BCUT2D eigenvalue weighted by Crippen LogP contribution is 2.30. The standard InChI is InChI=1S/C19H18O3/c20-17-10-16(11-18(21)12-17)15-6-8-19(9-7-15)22-13-14-4-2-1-3-5-14/h1-9,16H,10-13H2. The van der Waals surface area contributed by atoms with Gasteiger partial charge in [0.25, 0.3) is 0 Å². The van der Waals surface area contributed by atoms with Crippen molar-refractivity contribution in [3.8, 4) is 5.75 Å². The van der Waals surface area contributed by atoms with Crippen LogP contribution in [0.3, 0.4) is 0 Å². The van der Waals surface area contributed by atoms with Crippen LogP contribution >= 0.6 is 0 Å². The van der Waals surface area contributed by atoms with Crippen molar-refractivity contribution < 1.29 is 14.3 Å². The molecule has 1 fully saturated rings. The quantitative estimate of drug-likeness (QED) is 0.808. The summed E-state index contributed by atoms with van der Waals surface area (Å²) in [5, 5.41) is 0. The molecule has 22 heavy (non-hydrogen) atoms. The van der Waals surface area contributed by atoms with Gasteiger partial charge in [0.1, 0.15) is 23.9 Å². The fraction of sp³-hybridized carbons (Fsp3) is 0.263. The van der Waals surface area contributed by atoms with Gasteiger partial charge in [0.15, 0.2) is 0 Å². The van der Waals surface area contributed by atoms with Gasteiger partial charge in [-0.2, -0.15) is 0 Å². The lowest BCUT2D eigenvalue weighted by atomic mass is 9.83. The van der Waals surface area contributed by atoms with Gasteiger partial charge in [-0.3, -0.25) is 9.59 Å². The van der Waals surface area contributed by atoms with Crippen molar-refractivity contribution >= 4 is 11.6 Å². The zero-order valence-corrected chi connectivity index (χ0v) is 12.3. The van der Waals surface area contributed by atoms with Crippen molar-refractivity contribution in [1.82, 2.24) is 0 Å². The molecule has 1 aliphatic carbocycles. The van der Waals surface area contributed by atoms with Crippen LogP contribution in [0.4, 0.5) is 0 Å². The molecule has 0 unspecified atom stereocenters. The van der Waals surface area contributed by atoms with Crippen LogP contribution < -0.4 is 4.74 Å². The highest BCUT2D eigenvalue weighted by Gasteiger charge is 2.26. The molecule has 0 heterocycles. The van der Waals surface area contributed by atoms with E-state index in [0.717, 1.165) is 16.9 Å². The summed E-state index contributed by atoms with van der Waals surface area (Å²) in [6, 6.07) is 17.7. The van der Waals surface area contributed by atoms with E-state index in [-0.39, 0.29) is 23.9 Å². The summed E-state index contributed by atoms with van der Waals surface area (Å²) >= 11 is 0. The molecule has 0 aromatic heterocycles. The van der Waals surface area contributed by atoms with E-state index in [9.17, 15) is 9.59 Å². The molecule has 3 rings (SSSR count). The lowest BCUT2D eigenvalue weighted by Crippen LogP contribution is -2.21. The molecular weight excluding hydrogens is 276 g/mol. The van der Waals surface area contributed by atoms with E-state index in [1.807, 2.05) is 54.6 Å². The van der Waals surface area contributed by atoms with Crippen LogP contribution in [0.5, 0.6) is 5.75 Å². The first-order chi connectivity index (χ1) is 10.7. The van der Waals surface area contributed by atoms with E-state index in [4.69, 9.17) is 4.74 Å². The number of ether oxygens (including phenoxy) is 1. The smallest absolute Gasteiger partial charge is 0.140 e. The Morgan fingerprint density at radius 3 is 2.14 bits per heavy atom. The van der Waals surface area contributed by atoms with Gasteiger partial charge in [-0.1, -0.05) is 42.5 Å². The van der Waals surface area contributed by atoms with E-state index in [2.05, 4.69) is 0 Å². The molecule has 0 amide bonds. The number of rotatable bonds is 4. The fourth-order valence-electron chi connectivity index (χ4n) is 2.80. The topological polar surface area (TPSA) is 43.4 Å². The van der Waals surface area contributed by atoms with Gasteiger partial charge in [-0.25, -0.2) is 0 Å². The van der Waals surface area contributed by atoms with Crippen LogP contribution in [0.1, 0.15) is 36.3 Å². The number of hydrogen-bond acceptors (Lipinski definition) is 3. The van der Waals surface area contributed by atoms with Gasteiger partial charge in [0.2, 0.25) is 0 Å². The summed E-state index contributed by atoms with van der Waals surface area (Å²) in [4.78, 5) is 23.1. The lowest BCUT2D eigenvalue weighted by Gasteiger charge is -2.20. The molecule has 0 saturated heterocycles. The molecule has 3 heteroatoms. The monoisotopic (exact) mass is 294 g/mol. The molecule has 112 valence electrons. The van der Waals surface area contributed by atoms with Gasteiger partial charge in [-0.15, -0.1) is 0 Å². The van der Waals surface area contributed by atoms with Gasteiger partial charge in [0.05, 0.1) is 6.42 Å². The van der Waals surface area contributed by atoms with Crippen LogP contribution in [0.25, 0.3) is 0 Å². The Kier molecular flexibility index (Phi) is 4.33. The molecule has 1 aliphatic rings. The van der Waals surface area contributed by atoms with Crippen molar-refractivity contribution in [1.29, 1.82) is 0 Å². The third-order valence-electron chi connectivity index (χ3n) is 3.94. The molecule has 0 atom stereocenters. The molecular formula is C19H18O3. The van der Waals surface area contributed by atoms with Crippen molar-refractivity contribution in [3.05, 3.63) is 65.7 Å². The molecule has 1 saturated carbocycles. The SMILES string of the molecule is O=C1CC(=O)CC(c2ccc(OCc3ccccc3)cc2)C1. The molecule has 2 aromatic carbocycles. The first-order valence-electron chi connectivity index (χ1n) is 7.51. The maximum absolute atomic E-state index is 11.5. The third kappa shape index (κ3) is 3.61. The Morgan fingerprint density at radius 2 is 1.50 bits per heavy atom. The van der Waals surface area contributed by atoms with Crippen molar-refractivity contribution in [2.24, 2.45) is 0 Å². The largest absolute Gasteiger partial charge is 0.489 e. The van der Waals surface area contributed by atoms with E-state index < -0.39 is 0 Å². The van der Waals surface area contributed by atoms with E-state index in [0.29, 0.717) is 19.4 Å². The number of hydrogen-bond donors (Lipinski definition) is 0. The Morgan fingerprint density at radius 1 is 0.864 bits per heavy atom. The van der Waals surface area contributed by atoms with E-state index in [1.165, 1.54) is 0 Å². The van der Waals surface area contributed by atoms with Crippen molar-refractivity contribution in [3.63, 3.8) is 0 Å². The predicted molar refractivity (Wildman–Crippen MR) is 83.8 cm³/mol. The summed E-state index contributed by atoms with van der Waals surface area (Å²) < 4.78 is 5.74. The second kappa shape index (κ2) is 6.56. The zero-order chi connectivity index (χ0) is 15.4. The highest BCUT2D eigenvalue weighted by molar-refractivity contribution is 6.02. The average Bonchev–Trinajstić information content (AvgIpc) is 2.53. The minimum absolute atomic E-state index is 0.0249. The summed E-state index contributed by atoms with van der Waals surface area (Å²) in [6.45, 7) is 0.528. The Balaban J connectivity index is 1.62. The minimum atomic E-state index is 0.0249. The zero-order valence-electron chi connectivity index (χ0n) is 12.3. The number of benzene rings is 2. The van der Waals surface area contributed by atoms with Gasteiger partial charge in [-0.05, 0) is 29.2 Å². The fourth-order valence-corrected chi connectivity index (χ4v) is 2.80. The molecule has 2 aromatic rings. The number of carbonyl (C=O) groups is 2. The van der Waals surface area contributed by atoms with Gasteiger partial charge < -0.3 is 4.74 Å². The molecule has 0 radical (unpaired) electrons. The second-order valence-corrected chi connectivity index (χ2v) is 5.70. The molecule has 3 nitrogen and oxygen atoms in total. The van der Waals surface area contributed by atoms with Crippen LogP contribution in [-0.2, 0) is 16.2 Å². The predicted octanol–water partition coefficient (Wildman–Crippen LogP) is 3.67. The minimum Gasteiger partial charge on any atom is -0.489 e. The number of carbonyl (C=O) groups excluding carboxylic acids is 2. The first-order valence-corrected chi connectivity index (χ1v) is 7.51. The first kappa shape index (κ1) is 14.5. The lowest BCUT2D eigenvalue weighted by molar-refractivity contribution is -0.130. The van der Waals surface area contributed by atoms with E-state index >= 15 is 0 Å². The van der Waals surface area contributed by atoms with Gasteiger partial charge >= 0.3 is 0 Å². The van der Waals surface area contributed by atoms with Crippen LogP contribution in [0, 0.1) is 0 Å². The number of ketones is 2. The second-order valence-electron chi connectivity index (χ2n) is 5.70. The summed E-state index contributed by atoms with van der Waals surface area (Å²) in [5.74, 6) is 0.911. The highest BCUT2D eigenvalue weighted by atomic mass is 16.5. The molecule has 0 aliphatic heterocycles. The van der Waals surface area contributed by atoms with Crippen LogP contribution in [-0.4, -0.2) is 11.6 Å². The maximum Gasteiger partial charge on any atom is 0.140 e. The van der Waals surface area contributed by atoms with Crippen LogP contribution in [0.2, 0.25) is 0 Å². The maximum atomic E-state index is 11.5. The number of Topliss-reactive ketones (excluding diaryl/α,β-unsaturated/α-hetero) is 2. The molecule has 0 N–H and O–H groups in total. The normalized spacial score (nSPS) is 15.8. The summed E-state index contributed by atoms with van der Waals surface area (Å²) in [6.07, 6.45) is 1.04. The Labute approximate surface area is 129 Å². The molecule has 0 spiro atoms. The van der Waals surface area contributed by atoms with Gasteiger partial charge in [0, 0.05) is 12.8 Å². The third-order valence-corrected chi connectivity index (χ3v) is 3.94. The van der Waals surface area contributed by atoms with Crippen molar-refractivity contribution in [2.45, 2.75) is 31.8 Å².